The Kier molecular flexibility index (Phi) is 3.52. The van der Waals surface area contributed by atoms with Crippen LogP contribution in [-0.2, 0) is 6.54 Å². The summed E-state index contributed by atoms with van der Waals surface area (Å²) in [6, 6.07) is 3.97. The van der Waals surface area contributed by atoms with Crippen LogP contribution in [0.25, 0.3) is 0 Å². The fraction of sp³-hybridized carbons (Fsp3) is 0.500. The first-order chi connectivity index (χ1) is 9.13. The summed E-state index contributed by atoms with van der Waals surface area (Å²) >= 11 is 11.9. The molecule has 0 bridgehead atoms. The SMILES string of the molecule is O=C1NCC2CN(Cc3ccc(Cl)nc3Cl)CCN12. The zero-order valence-corrected chi connectivity index (χ0v) is 11.8. The third-order valence-corrected chi connectivity index (χ3v) is 4.14. The van der Waals surface area contributed by atoms with Crippen molar-refractivity contribution >= 4 is 29.2 Å². The van der Waals surface area contributed by atoms with Gasteiger partial charge in [-0.15, -0.1) is 0 Å². The molecule has 5 nitrogen and oxygen atoms in total. The average Bonchev–Trinajstić information content (AvgIpc) is 2.74. The van der Waals surface area contributed by atoms with Gasteiger partial charge in [-0.3, -0.25) is 4.90 Å². The van der Waals surface area contributed by atoms with Gasteiger partial charge in [0, 0.05) is 38.3 Å². The number of nitrogens with zero attached hydrogens (tertiary/aromatic N) is 3. The van der Waals surface area contributed by atoms with Crippen LogP contribution in [0.3, 0.4) is 0 Å². The molecule has 1 N–H and O–H groups in total. The lowest BCUT2D eigenvalue weighted by Gasteiger charge is -2.36. The van der Waals surface area contributed by atoms with E-state index in [1.54, 1.807) is 6.07 Å². The predicted octanol–water partition coefficient (Wildman–Crippen LogP) is 1.60. The first-order valence-corrected chi connectivity index (χ1v) is 6.97. The summed E-state index contributed by atoms with van der Waals surface area (Å²) in [6.45, 7) is 3.93. The fourth-order valence-electron chi connectivity index (χ4n) is 2.61. The van der Waals surface area contributed by atoms with Gasteiger partial charge in [-0.1, -0.05) is 29.3 Å². The van der Waals surface area contributed by atoms with E-state index in [-0.39, 0.29) is 12.1 Å². The smallest absolute Gasteiger partial charge is 0.317 e. The van der Waals surface area contributed by atoms with Crippen LogP contribution in [0.15, 0.2) is 12.1 Å². The van der Waals surface area contributed by atoms with Crippen LogP contribution in [-0.4, -0.2) is 53.0 Å². The first kappa shape index (κ1) is 13.0. The molecule has 102 valence electrons. The van der Waals surface area contributed by atoms with E-state index in [4.69, 9.17) is 23.2 Å². The minimum Gasteiger partial charge on any atom is -0.336 e. The van der Waals surface area contributed by atoms with Gasteiger partial charge < -0.3 is 10.2 Å². The number of urea groups is 1. The van der Waals surface area contributed by atoms with Gasteiger partial charge in [0.15, 0.2) is 0 Å². The number of fused-ring (bicyclic) bond motifs is 1. The molecular formula is C12H14Cl2N4O. The number of carbonyl (C=O) groups excluding carboxylic acids is 1. The van der Waals surface area contributed by atoms with Gasteiger partial charge in [-0.2, -0.15) is 0 Å². The van der Waals surface area contributed by atoms with Crippen LogP contribution in [0, 0.1) is 0 Å². The van der Waals surface area contributed by atoms with Crippen LogP contribution >= 0.6 is 23.2 Å². The maximum absolute atomic E-state index is 11.5. The second-order valence-corrected chi connectivity index (χ2v) is 5.60. The highest BCUT2D eigenvalue weighted by Gasteiger charge is 2.35. The predicted molar refractivity (Wildman–Crippen MR) is 73.4 cm³/mol. The number of amides is 2. The third-order valence-electron chi connectivity index (χ3n) is 3.60. The van der Waals surface area contributed by atoms with Crippen molar-refractivity contribution in [2.24, 2.45) is 0 Å². The van der Waals surface area contributed by atoms with E-state index in [1.807, 2.05) is 11.0 Å². The molecular weight excluding hydrogens is 287 g/mol. The molecule has 1 atom stereocenters. The van der Waals surface area contributed by atoms with Crippen LogP contribution < -0.4 is 5.32 Å². The summed E-state index contributed by atoms with van der Waals surface area (Å²) in [6.07, 6.45) is 0. The molecule has 2 aliphatic rings. The highest BCUT2D eigenvalue weighted by atomic mass is 35.5. The second-order valence-electron chi connectivity index (χ2n) is 4.85. The van der Waals surface area contributed by atoms with E-state index in [0.717, 1.165) is 38.3 Å². The summed E-state index contributed by atoms with van der Waals surface area (Å²) < 4.78 is 0. The molecule has 1 aromatic rings. The Morgan fingerprint density at radius 3 is 3.00 bits per heavy atom. The minimum atomic E-state index is 0.0517. The minimum absolute atomic E-state index is 0.0517. The molecule has 2 amide bonds. The summed E-state index contributed by atoms with van der Waals surface area (Å²) in [5, 5.41) is 3.73. The quantitative estimate of drug-likeness (QED) is 0.844. The van der Waals surface area contributed by atoms with Crippen molar-refractivity contribution in [3.8, 4) is 0 Å². The Bertz CT molecular complexity index is 511. The third kappa shape index (κ3) is 2.63. The number of rotatable bonds is 2. The van der Waals surface area contributed by atoms with Crippen molar-refractivity contribution < 1.29 is 4.79 Å². The van der Waals surface area contributed by atoms with E-state index in [9.17, 15) is 4.79 Å². The van der Waals surface area contributed by atoms with Gasteiger partial charge in [-0.25, -0.2) is 9.78 Å². The molecule has 3 rings (SSSR count). The molecule has 2 fully saturated rings. The molecule has 0 saturated carbocycles. The monoisotopic (exact) mass is 300 g/mol. The Labute approximate surface area is 121 Å². The normalized spacial score (nSPS) is 23.4. The molecule has 0 spiro atoms. The summed E-state index contributed by atoms with van der Waals surface area (Å²) in [4.78, 5) is 19.8. The number of nitrogens with one attached hydrogen (secondary N) is 1. The fourth-order valence-corrected chi connectivity index (χ4v) is 3.02. The second kappa shape index (κ2) is 5.15. The van der Waals surface area contributed by atoms with E-state index < -0.39 is 0 Å². The molecule has 0 radical (unpaired) electrons. The van der Waals surface area contributed by atoms with Crippen molar-refractivity contribution in [3.63, 3.8) is 0 Å². The van der Waals surface area contributed by atoms with E-state index in [1.165, 1.54) is 0 Å². The maximum atomic E-state index is 11.5. The van der Waals surface area contributed by atoms with Gasteiger partial charge in [0.25, 0.3) is 0 Å². The Balaban J connectivity index is 1.66. The van der Waals surface area contributed by atoms with Crippen LogP contribution in [0.1, 0.15) is 5.56 Å². The van der Waals surface area contributed by atoms with Gasteiger partial charge in [0.2, 0.25) is 0 Å². The molecule has 19 heavy (non-hydrogen) atoms. The van der Waals surface area contributed by atoms with Crippen LogP contribution in [0.2, 0.25) is 10.3 Å². The van der Waals surface area contributed by atoms with Crippen molar-refractivity contribution in [2.45, 2.75) is 12.6 Å². The maximum Gasteiger partial charge on any atom is 0.317 e. The molecule has 2 saturated heterocycles. The van der Waals surface area contributed by atoms with Crippen molar-refractivity contribution in [2.75, 3.05) is 26.2 Å². The highest BCUT2D eigenvalue weighted by molar-refractivity contribution is 6.32. The molecule has 2 aliphatic heterocycles. The van der Waals surface area contributed by atoms with Crippen molar-refractivity contribution in [1.29, 1.82) is 0 Å². The largest absolute Gasteiger partial charge is 0.336 e. The number of carbonyl (C=O) groups is 1. The zero-order valence-electron chi connectivity index (χ0n) is 10.3. The topological polar surface area (TPSA) is 48.5 Å². The Hall–Kier alpha value is -1.04. The van der Waals surface area contributed by atoms with Crippen molar-refractivity contribution in [3.05, 3.63) is 28.0 Å². The summed E-state index contributed by atoms with van der Waals surface area (Å²) in [5.74, 6) is 0. The number of hydrogen-bond donors (Lipinski definition) is 1. The van der Waals surface area contributed by atoms with Gasteiger partial charge in [0.05, 0.1) is 6.04 Å². The number of aromatic nitrogens is 1. The van der Waals surface area contributed by atoms with E-state index in [0.29, 0.717) is 10.3 Å². The Morgan fingerprint density at radius 1 is 1.37 bits per heavy atom. The van der Waals surface area contributed by atoms with Crippen LogP contribution in [0.5, 0.6) is 0 Å². The molecule has 0 aliphatic carbocycles. The number of pyridine rings is 1. The molecule has 3 heterocycles. The summed E-state index contributed by atoms with van der Waals surface area (Å²) in [5.41, 5.74) is 0.969. The lowest BCUT2D eigenvalue weighted by atomic mass is 10.1. The molecule has 7 heteroatoms. The number of piperazine rings is 1. The van der Waals surface area contributed by atoms with E-state index >= 15 is 0 Å². The zero-order chi connectivity index (χ0) is 13.4. The number of hydrogen-bond acceptors (Lipinski definition) is 3. The first-order valence-electron chi connectivity index (χ1n) is 6.21. The average molecular weight is 301 g/mol. The van der Waals surface area contributed by atoms with Gasteiger partial charge >= 0.3 is 6.03 Å². The van der Waals surface area contributed by atoms with E-state index in [2.05, 4.69) is 15.2 Å². The van der Waals surface area contributed by atoms with Crippen LogP contribution in [0.4, 0.5) is 4.79 Å². The van der Waals surface area contributed by atoms with Gasteiger partial charge in [-0.05, 0) is 6.07 Å². The standard InChI is InChI=1S/C12H14Cl2N4O/c13-10-2-1-8(11(14)16-10)6-17-3-4-18-9(7-17)5-15-12(18)19/h1-2,9H,3-7H2,(H,15,19). The number of halogens is 2. The molecule has 1 unspecified atom stereocenters. The lowest BCUT2D eigenvalue weighted by molar-refractivity contribution is 0.116. The summed E-state index contributed by atoms with van der Waals surface area (Å²) in [7, 11) is 0. The Morgan fingerprint density at radius 2 is 2.21 bits per heavy atom. The lowest BCUT2D eigenvalue weighted by Crippen LogP contribution is -2.51. The van der Waals surface area contributed by atoms with Crippen molar-refractivity contribution in [1.82, 2.24) is 20.1 Å². The molecule has 1 aromatic heterocycles. The highest BCUT2D eigenvalue weighted by Crippen LogP contribution is 2.21. The van der Waals surface area contributed by atoms with Gasteiger partial charge in [0.1, 0.15) is 10.3 Å². The molecule has 0 aromatic carbocycles.